The summed E-state index contributed by atoms with van der Waals surface area (Å²) in [6, 6.07) is -0.0691. The molecule has 0 spiro atoms. The van der Waals surface area contributed by atoms with Gasteiger partial charge >= 0.3 is 5.97 Å². The van der Waals surface area contributed by atoms with E-state index >= 15 is 0 Å². The lowest BCUT2D eigenvalue weighted by atomic mass is 10.1. The molecule has 0 N–H and O–H groups in total. The highest BCUT2D eigenvalue weighted by Gasteiger charge is 2.37. The van der Waals surface area contributed by atoms with Crippen molar-refractivity contribution in [1.29, 1.82) is 0 Å². The second-order valence-electron chi connectivity index (χ2n) is 5.66. The Morgan fingerprint density at radius 1 is 1.47 bits per heavy atom. The average molecular weight is 239 g/mol. The van der Waals surface area contributed by atoms with Crippen molar-refractivity contribution >= 4 is 5.97 Å². The van der Waals surface area contributed by atoms with Gasteiger partial charge in [-0.05, 0) is 46.6 Å². The van der Waals surface area contributed by atoms with E-state index in [4.69, 9.17) is 4.74 Å². The summed E-state index contributed by atoms with van der Waals surface area (Å²) in [5.74, 6) is 0.406. The van der Waals surface area contributed by atoms with Gasteiger partial charge < -0.3 is 4.74 Å². The second kappa shape index (κ2) is 5.67. The lowest BCUT2D eigenvalue weighted by molar-refractivity contribution is -0.160. The third-order valence-corrected chi connectivity index (χ3v) is 2.99. The normalized spacial score (nSPS) is 26.6. The van der Waals surface area contributed by atoms with Gasteiger partial charge in [0.1, 0.15) is 11.6 Å². The molecule has 2 atom stereocenters. The molecule has 0 aromatic heterocycles. The first kappa shape index (κ1) is 14.2. The van der Waals surface area contributed by atoms with Crippen LogP contribution < -0.4 is 0 Å². The van der Waals surface area contributed by atoms with Gasteiger partial charge in [-0.2, -0.15) is 0 Å². The number of nitrogens with zero attached hydrogens (tertiary/aromatic N) is 1. The Morgan fingerprint density at radius 2 is 2.12 bits per heavy atom. The number of ether oxygens (including phenoxy) is 1. The molecule has 3 nitrogen and oxygen atoms in total. The van der Waals surface area contributed by atoms with Crippen LogP contribution in [-0.4, -0.2) is 35.6 Å². The van der Waals surface area contributed by atoms with Crippen LogP contribution in [0.15, 0.2) is 12.2 Å². The molecule has 0 aromatic rings. The summed E-state index contributed by atoms with van der Waals surface area (Å²) in [7, 11) is 0. The third-order valence-electron chi connectivity index (χ3n) is 2.99. The number of hydrogen-bond donors (Lipinski definition) is 0. The Morgan fingerprint density at radius 3 is 2.59 bits per heavy atom. The highest BCUT2D eigenvalue weighted by molar-refractivity contribution is 5.76. The van der Waals surface area contributed by atoms with Gasteiger partial charge in [0.05, 0.1) is 0 Å². The van der Waals surface area contributed by atoms with Crippen molar-refractivity contribution in [2.24, 2.45) is 5.92 Å². The molecule has 0 aromatic carbocycles. The maximum absolute atomic E-state index is 12.1. The monoisotopic (exact) mass is 239 g/mol. The molecule has 17 heavy (non-hydrogen) atoms. The Balaban J connectivity index is 2.65. The number of carbonyl (C=O) groups excluding carboxylic acids is 1. The zero-order valence-electron chi connectivity index (χ0n) is 11.7. The molecule has 0 bridgehead atoms. The van der Waals surface area contributed by atoms with Gasteiger partial charge in [-0.1, -0.05) is 19.1 Å². The molecule has 0 aliphatic carbocycles. The van der Waals surface area contributed by atoms with Crippen molar-refractivity contribution in [1.82, 2.24) is 4.90 Å². The van der Waals surface area contributed by atoms with E-state index in [1.54, 1.807) is 0 Å². The zero-order chi connectivity index (χ0) is 13.1. The topological polar surface area (TPSA) is 29.5 Å². The van der Waals surface area contributed by atoms with Crippen molar-refractivity contribution < 1.29 is 9.53 Å². The van der Waals surface area contributed by atoms with Crippen LogP contribution in [0.3, 0.4) is 0 Å². The summed E-state index contributed by atoms with van der Waals surface area (Å²) in [6.07, 6.45) is 5.14. The quantitative estimate of drug-likeness (QED) is 0.560. The summed E-state index contributed by atoms with van der Waals surface area (Å²) in [5.41, 5.74) is -0.394. The highest BCUT2D eigenvalue weighted by Crippen LogP contribution is 2.26. The Kier molecular flexibility index (Phi) is 4.75. The van der Waals surface area contributed by atoms with E-state index < -0.39 is 5.60 Å². The number of carbonyl (C=O) groups is 1. The summed E-state index contributed by atoms with van der Waals surface area (Å²) in [4.78, 5) is 14.3. The highest BCUT2D eigenvalue weighted by atomic mass is 16.6. The third kappa shape index (κ3) is 4.15. The predicted molar refractivity (Wildman–Crippen MR) is 69.8 cm³/mol. The zero-order valence-corrected chi connectivity index (χ0v) is 11.7. The number of hydrogen-bond acceptors (Lipinski definition) is 3. The van der Waals surface area contributed by atoms with Crippen LogP contribution in [0.4, 0.5) is 0 Å². The molecule has 1 aliphatic heterocycles. The fourth-order valence-corrected chi connectivity index (χ4v) is 2.32. The maximum atomic E-state index is 12.1. The van der Waals surface area contributed by atoms with Crippen LogP contribution >= 0.6 is 0 Å². The first-order valence-corrected chi connectivity index (χ1v) is 6.47. The van der Waals surface area contributed by atoms with Crippen LogP contribution in [0.1, 0.15) is 41.0 Å². The maximum Gasteiger partial charge on any atom is 0.323 e. The lowest BCUT2D eigenvalue weighted by Crippen LogP contribution is -2.40. The van der Waals surface area contributed by atoms with Crippen molar-refractivity contribution in [3.63, 3.8) is 0 Å². The van der Waals surface area contributed by atoms with Crippen LogP contribution in [0.25, 0.3) is 0 Å². The molecule has 1 rings (SSSR count). The molecule has 1 saturated heterocycles. The molecule has 1 heterocycles. The molecular weight excluding hydrogens is 214 g/mol. The second-order valence-corrected chi connectivity index (χ2v) is 5.66. The van der Waals surface area contributed by atoms with Crippen LogP contribution in [0, 0.1) is 5.92 Å². The number of likely N-dealkylation sites (N-methyl/N-ethyl adjacent to an activating group) is 1. The van der Waals surface area contributed by atoms with Crippen LogP contribution in [0.5, 0.6) is 0 Å². The minimum atomic E-state index is -0.394. The molecule has 98 valence electrons. The summed E-state index contributed by atoms with van der Waals surface area (Å²) >= 11 is 0. The molecule has 1 fully saturated rings. The van der Waals surface area contributed by atoms with Crippen LogP contribution in [-0.2, 0) is 9.53 Å². The van der Waals surface area contributed by atoms with Gasteiger partial charge in [0.25, 0.3) is 0 Å². The summed E-state index contributed by atoms with van der Waals surface area (Å²) < 4.78 is 5.48. The van der Waals surface area contributed by atoms with Gasteiger partial charge in [-0.25, -0.2) is 0 Å². The standard InChI is InChI=1S/C14H25NO2/c1-6-8-11-9-12(15(7-2)10-11)13(16)17-14(3,4)5/h6,8,11-12H,7,9-10H2,1-5H3/b8-6-. The van der Waals surface area contributed by atoms with Crippen molar-refractivity contribution in [3.8, 4) is 0 Å². The van der Waals surface area contributed by atoms with E-state index in [0.717, 1.165) is 19.5 Å². The first-order valence-electron chi connectivity index (χ1n) is 6.47. The van der Waals surface area contributed by atoms with Crippen molar-refractivity contribution in [2.45, 2.75) is 52.7 Å². The van der Waals surface area contributed by atoms with Gasteiger partial charge in [-0.15, -0.1) is 0 Å². The Hall–Kier alpha value is -0.830. The number of likely N-dealkylation sites (tertiary alicyclic amines) is 1. The lowest BCUT2D eigenvalue weighted by Gasteiger charge is -2.26. The number of rotatable bonds is 3. The molecule has 1 aliphatic rings. The van der Waals surface area contributed by atoms with Gasteiger partial charge in [0.15, 0.2) is 0 Å². The molecule has 0 radical (unpaired) electrons. The van der Waals surface area contributed by atoms with Crippen molar-refractivity contribution in [3.05, 3.63) is 12.2 Å². The van der Waals surface area contributed by atoms with Crippen LogP contribution in [0.2, 0.25) is 0 Å². The molecule has 3 heteroatoms. The smallest absolute Gasteiger partial charge is 0.323 e. The van der Waals surface area contributed by atoms with E-state index in [9.17, 15) is 4.79 Å². The minimum Gasteiger partial charge on any atom is -0.459 e. The first-order chi connectivity index (χ1) is 7.87. The Labute approximate surface area is 105 Å². The molecular formula is C14H25NO2. The fraction of sp³-hybridized carbons (Fsp3) is 0.786. The minimum absolute atomic E-state index is 0.0691. The van der Waals surface area contributed by atoms with E-state index in [0.29, 0.717) is 5.92 Å². The number of allylic oxidation sites excluding steroid dienone is 1. The van der Waals surface area contributed by atoms with Gasteiger partial charge in [-0.3, -0.25) is 9.69 Å². The average Bonchev–Trinajstić information content (AvgIpc) is 2.59. The Bertz CT molecular complexity index is 291. The molecule has 2 unspecified atom stereocenters. The molecule has 0 amide bonds. The molecule has 0 saturated carbocycles. The van der Waals surface area contributed by atoms with Gasteiger partial charge in [0, 0.05) is 6.54 Å². The van der Waals surface area contributed by atoms with Gasteiger partial charge in [0.2, 0.25) is 0 Å². The van der Waals surface area contributed by atoms with E-state index in [1.165, 1.54) is 0 Å². The summed E-state index contributed by atoms with van der Waals surface area (Å²) in [5, 5.41) is 0. The van der Waals surface area contributed by atoms with E-state index in [-0.39, 0.29) is 12.0 Å². The van der Waals surface area contributed by atoms with E-state index in [2.05, 4.69) is 24.0 Å². The van der Waals surface area contributed by atoms with E-state index in [1.807, 2.05) is 27.7 Å². The summed E-state index contributed by atoms with van der Waals surface area (Å²) in [6.45, 7) is 11.7. The largest absolute Gasteiger partial charge is 0.459 e. The SMILES string of the molecule is C/C=C\C1CC(C(=O)OC(C)(C)C)N(CC)C1. The predicted octanol–water partition coefficient (Wildman–Crippen LogP) is 2.61. The number of esters is 1. The van der Waals surface area contributed by atoms with Crippen molar-refractivity contribution in [2.75, 3.05) is 13.1 Å². The fourth-order valence-electron chi connectivity index (χ4n) is 2.32.